The summed E-state index contributed by atoms with van der Waals surface area (Å²) in [5.74, 6) is 0.321. The van der Waals surface area contributed by atoms with Crippen LogP contribution < -0.4 is 0 Å². The predicted octanol–water partition coefficient (Wildman–Crippen LogP) is 1.86. The van der Waals surface area contributed by atoms with Crippen LogP contribution in [0.1, 0.15) is 21.9 Å². The van der Waals surface area contributed by atoms with Gasteiger partial charge >= 0.3 is 11.8 Å². The summed E-state index contributed by atoms with van der Waals surface area (Å²) in [6, 6.07) is 1.52. The molecule has 0 amide bonds. The molecule has 2 aromatic rings. The number of aromatic nitrogens is 2. The van der Waals surface area contributed by atoms with Gasteiger partial charge in [0.2, 0.25) is 0 Å². The van der Waals surface area contributed by atoms with E-state index in [2.05, 4.69) is 4.98 Å². The first kappa shape index (κ1) is 13.8. The second kappa shape index (κ2) is 5.55. The minimum Gasteiger partial charge on any atom is -0.469 e. The largest absolute Gasteiger partial charge is 0.469 e. The van der Waals surface area contributed by atoms with E-state index in [1.54, 1.807) is 13.8 Å². The molecule has 0 saturated carbocycles. The third-order valence-corrected chi connectivity index (χ3v) is 2.85. The van der Waals surface area contributed by atoms with Gasteiger partial charge in [0.1, 0.15) is 30.7 Å². The number of hydrogen-bond acceptors (Lipinski definition) is 6. The van der Waals surface area contributed by atoms with E-state index in [9.17, 15) is 14.9 Å². The Hall–Kier alpha value is -2.64. The van der Waals surface area contributed by atoms with Crippen molar-refractivity contribution in [1.29, 1.82) is 0 Å². The van der Waals surface area contributed by atoms with Gasteiger partial charge in [-0.05, 0) is 17.9 Å². The maximum absolute atomic E-state index is 11.7. The molecule has 2 rings (SSSR count). The van der Waals surface area contributed by atoms with E-state index in [4.69, 9.17) is 9.15 Å². The number of carbonyl (C=O) groups is 1. The van der Waals surface area contributed by atoms with Gasteiger partial charge < -0.3 is 19.3 Å². The van der Waals surface area contributed by atoms with Gasteiger partial charge in [-0.2, -0.15) is 0 Å². The summed E-state index contributed by atoms with van der Waals surface area (Å²) in [5, 5.41) is 10.8. The lowest BCUT2D eigenvalue weighted by Gasteiger charge is -2.04. The SMILES string of the molecule is Cc1occc1C(=O)OCCn1c([N+](=O)[O-])cnc1C. The van der Waals surface area contributed by atoms with Crippen molar-refractivity contribution in [3.63, 3.8) is 0 Å². The zero-order chi connectivity index (χ0) is 14.7. The van der Waals surface area contributed by atoms with Crippen LogP contribution in [-0.4, -0.2) is 27.1 Å². The molecule has 8 nitrogen and oxygen atoms in total. The molecule has 106 valence electrons. The Morgan fingerprint density at radius 3 is 2.90 bits per heavy atom. The zero-order valence-corrected chi connectivity index (χ0v) is 11.0. The molecule has 0 fully saturated rings. The number of nitro groups is 1. The number of aryl methyl sites for hydroxylation is 2. The molecule has 0 spiro atoms. The third kappa shape index (κ3) is 2.68. The number of ether oxygens (including phenoxy) is 1. The number of carbonyl (C=O) groups excluding carboxylic acids is 1. The van der Waals surface area contributed by atoms with E-state index >= 15 is 0 Å². The Bertz CT molecular complexity index is 643. The van der Waals surface area contributed by atoms with Crippen LogP contribution in [0.3, 0.4) is 0 Å². The standard InChI is InChI=1S/C12H13N3O5/c1-8-10(3-5-19-8)12(16)20-6-4-14-9(2)13-7-11(14)15(17)18/h3,5,7H,4,6H2,1-2H3. The Kier molecular flexibility index (Phi) is 3.83. The first-order valence-corrected chi connectivity index (χ1v) is 5.88. The number of esters is 1. The molecule has 2 heterocycles. The normalized spacial score (nSPS) is 10.5. The average molecular weight is 279 g/mol. The van der Waals surface area contributed by atoms with Crippen molar-refractivity contribution in [3.8, 4) is 0 Å². The lowest BCUT2D eigenvalue weighted by molar-refractivity contribution is -0.392. The lowest BCUT2D eigenvalue weighted by Crippen LogP contribution is -2.14. The summed E-state index contributed by atoms with van der Waals surface area (Å²) in [6.07, 6.45) is 2.58. The van der Waals surface area contributed by atoms with Crippen LogP contribution in [-0.2, 0) is 11.3 Å². The van der Waals surface area contributed by atoms with Crippen molar-refractivity contribution < 1.29 is 18.9 Å². The second-order valence-corrected chi connectivity index (χ2v) is 4.10. The molecular formula is C12H13N3O5. The van der Waals surface area contributed by atoms with Crippen molar-refractivity contribution in [1.82, 2.24) is 9.55 Å². The molecule has 8 heteroatoms. The first-order chi connectivity index (χ1) is 9.50. The fourth-order valence-corrected chi connectivity index (χ4v) is 1.78. The van der Waals surface area contributed by atoms with E-state index in [0.717, 1.165) is 0 Å². The lowest BCUT2D eigenvalue weighted by atomic mass is 10.3. The van der Waals surface area contributed by atoms with Crippen LogP contribution in [0.4, 0.5) is 5.82 Å². The molecule has 0 aromatic carbocycles. The average Bonchev–Trinajstić information content (AvgIpc) is 2.96. The van der Waals surface area contributed by atoms with Gasteiger partial charge in [-0.15, -0.1) is 0 Å². The summed E-state index contributed by atoms with van der Waals surface area (Å²) in [5.41, 5.74) is 0.349. The van der Waals surface area contributed by atoms with Gasteiger partial charge in [0.25, 0.3) is 0 Å². The highest BCUT2D eigenvalue weighted by Crippen LogP contribution is 2.14. The van der Waals surface area contributed by atoms with Crippen LogP contribution in [0.2, 0.25) is 0 Å². The van der Waals surface area contributed by atoms with E-state index in [0.29, 0.717) is 17.1 Å². The molecule has 20 heavy (non-hydrogen) atoms. The highest BCUT2D eigenvalue weighted by atomic mass is 16.6. The van der Waals surface area contributed by atoms with Gasteiger partial charge in [0.15, 0.2) is 5.82 Å². The van der Waals surface area contributed by atoms with E-state index < -0.39 is 10.9 Å². The Balaban J connectivity index is 1.97. The molecule has 0 aliphatic rings. The van der Waals surface area contributed by atoms with Crippen LogP contribution >= 0.6 is 0 Å². The maximum Gasteiger partial charge on any atom is 0.342 e. The topological polar surface area (TPSA) is 100 Å². The smallest absolute Gasteiger partial charge is 0.342 e. The van der Waals surface area contributed by atoms with Crippen LogP contribution in [0.15, 0.2) is 22.9 Å². The van der Waals surface area contributed by atoms with Crippen LogP contribution in [0.25, 0.3) is 0 Å². The minimum absolute atomic E-state index is 0.0154. The van der Waals surface area contributed by atoms with Gasteiger partial charge in [-0.3, -0.25) is 0 Å². The summed E-state index contributed by atoms with van der Waals surface area (Å²) in [6.45, 7) is 3.49. The summed E-state index contributed by atoms with van der Waals surface area (Å²) in [4.78, 5) is 25.8. The van der Waals surface area contributed by atoms with Crippen molar-refractivity contribution in [3.05, 3.63) is 45.8 Å². The third-order valence-electron chi connectivity index (χ3n) is 2.85. The zero-order valence-electron chi connectivity index (χ0n) is 11.0. The highest BCUT2D eigenvalue weighted by molar-refractivity contribution is 5.90. The summed E-state index contributed by atoms with van der Waals surface area (Å²) in [7, 11) is 0. The highest BCUT2D eigenvalue weighted by Gasteiger charge is 2.18. The fourth-order valence-electron chi connectivity index (χ4n) is 1.78. The molecule has 0 saturated heterocycles. The molecule has 2 aromatic heterocycles. The summed E-state index contributed by atoms with van der Waals surface area (Å²) < 4.78 is 11.4. The van der Waals surface area contributed by atoms with Crippen molar-refractivity contribution in [2.75, 3.05) is 6.61 Å². The number of imidazole rings is 1. The molecule has 0 aliphatic heterocycles. The number of furan rings is 1. The van der Waals surface area contributed by atoms with Gasteiger partial charge in [-0.25, -0.2) is 14.3 Å². The molecule has 0 aliphatic carbocycles. The number of nitrogens with zero attached hydrogens (tertiary/aromatic N) is 3. The van der Waals surface area contributed by atoms with Crippen molar-refractivity contribution in [2.24, 2.45) is 0 Å². The Morgan fingerprint density at radius 1 is 1.55 bits per heavy atom. The Labute approximate surface area is 114 Å². The molecule has 0 bridgehead atoms. The van der Waals surface area contributed by atoms with Gasteiger partial charge in [0, 0.05) is 6.92 Å². The molecular weight excluding hydrogens is 266 g/mol. The second-order valence-electron chi connectivity index (χ2n) is 4.10. The van der Waals surface area contributed by atoms with Crippen molar-refractivity contribution in [2.45, 2.75) is 20.4 Å². The predicted molar refractivity (Wildman–Crippen MR) is 67.3 cm³/mol. The number of hydrogen-bond donors (Lipinski definition) is 0. The monoisotopic (exact) mass is 279 g/mol. The van der Waals surface area contributed by atoms with Gasteiger partial charge in [0.05, 0.1) is 6.26 Å². The maximum atomic E-state index is 11.7. The quantitative estimate of drug-likeness (QED) is 0.470. The Morgan fingerprint density at radius 2 is 2.30 bits per heavy atom. The molecule has 0 unspecified atom stereocenters. The molecule has 0 atom stereocenters. The van der Waals surface area contributed by atoms with E-state index in [-0.39, 0.29) is 19.0 Å². The minimum atomic E-state index is -0.526. The molecule has 0 radical (unpaired) electrons. The van der Waals surface area contributed by atoms with Crippen LogP contribution in [0.5, 0.6) is 0 Å². The van der Waals surface area contributed by atoms with E-state index in [1.165, 1.54) is 23.1 Å². The summed E-state index contributed by atoms with van der Waals surface area (Å²) >= 11 is 0. The fraction of sp³-hybridized carbons (Fsp3) is 0.333. The number of rotatable bonds is 5. The molecule has 0 N–H and O–H groups in total. The van der Waals surface area contributed by atoms with Crippen molar-refractivity contribution >= 4 is 11.8 Å². The van der Waals surface area contributed by atoms with Gasteiger partial charge in [-0.1, -0.05) is 0 Å². The first-order valence-electron chi connectivity index (χ1n) is 5.88. The van der Waals surface area contributed by atoms with Crippen LogP contribution in [0, 0.1) is 24.0 Å². The van der Waals surface area contributed by atoms with E-state index in [1.807, 2.05) is 0 Å².